The van der Waals surface area contributed by atoms with Crippen LogP contribution in [0.5, 0.6) is 5.75 Å². The summed E-state index contributed by atoms with van der Waals surface area (Å²) in [5.74, 6) is 0.717. The van der Waals surface area contributed by atoms with Crippen LogP contribution in [0, 0.1) is 0 Å². The standard InChI is InChI=1S/C24H29N3O3S/c1-3-30-15-22-27-23-20(8-5-9-21(23)31-22)25-17-6-4-7-18(14-17)26-24(28)16-10-12-19(29-2)13-11-16/h5,8-13,17-18,25H,3-4,6-7,14-15H2,1-2H3,(H,26,28)/t17-,18+/m0/s1. The van der Waals surface area contributed by atoms with Crippen LogP contribution in [0.25, 0.3) is 10.2 Å². The Bertz CT molecular complexity index is 1020. The molecule has 1 heterocycles. The summed E-state index contributed by atoms with van der Waals surface area (Å²) in [6, 6.07) is 14.0. The number of anilines is 1. The lowest BCUT2D eigenvalue weighted by Gasteiger charge is -2.31. The lowest BCUT2D eigenvalue weighted by molar-refractivity contribution is 0.0926. The van der Waals surface area contributed by atoms with Crippen LogP contribution in [0.15, 0.2) is 42.5 Å². The first kappa shape index (κ1) is 21.6. The molecule has 0 bridgehead atoms. The van der Waals surface area contributed by atoms with E-state index in [1.54, 1.807) is 30.6 Å². The summed E-state index contributed by atoms with van der Waals surface area (Å²) in [5.41, 5.74) is 2.72. The number of hydrogen-bond acceptors (Lipinski definition) is 6. The molecule has 6 nitrogen and oxygen atoms in total. The van der Waals surface area contributed by atoms with E-state index in [9.17, 15) is 4.79 Å². The fraction of sp³-hybridized carbons (Fsp3) is 0.417. The van der Waals surface area contributed by atoms with Gasteiger partial charge in [0.15, 0.2) is 0 Å². The van der Waals surface area contributed by atoms with Crippen molar-refractivity contribution >= 4 is 33.1 Å². The molecule has 31 heavy (non-hydrogen) atoms. The van der Waals surface area contributed by atoms with E-state index in [1.807, 2.05) is 19.1 Å². The van der Waals surface area contributed by atoms with Crippen molar-refractivity contribution in [2.45, 2.75) is 51.3 Å². The Morgan fingerprint density at radius 2 is 1.97 bits per heavy atom. The number of carbonyl (C=O) groups is 1. The molecule has 1 aliphatic rings. The van der Waals surface area contributed by atoms with E-state index in [-0.39, 0.29) is 11.9 Å². The Morgan fingerprint density at radius 1 is 1.16 bits per heavy atom. The summed E-state index contributed by atoms with van der Waals surface area (Å²) in [7, 11) is 1.62. The summed E-state index contributed by atoms with van der Waals surface area (Å²) >= 11 is 1.68. The molecule has 1 saturated carbocycles. The molecular weight excluding hydrogens is 410 g/mol. The molecule has 0 radical (unpaired) electrons. The molecule has 0 aliphatic heterocycles. The topological polar surface area (TPSA) is 72.5 Å². The zero-order valence-corrected chi connectivity index (χ0v) is 18.8. The molecule has 4 rings (SSSR count). The maximum Gasteiger partial charge on any atom is 0.251 e. The van der Waals surface area contributed by atoms with Gasteiger partial charge in [0.25, 0.3) is 5.91 Å². The predicted molar refractivity (Wildman–Crippen MR) is 125 cm³/mol. The van der Waals surface area contributed by atoms with Gasteiger partial charge in [-0.3, -0.25) is 4.79 Å². The summed E-state index contributed by atoms with van der Waals surface area (Å²) in [5, 5.41) is 7.89. The molecule has 2 aromatic carbocycles. The lowest BCUT2D eigenvalue weighted by atomic mass is 9.90. The molecule has 3 aromatic rings. The Hall–Kier alpha value is -2.64. The number of nitrogens with one attached hydrogen (secondary N) is 2. The van der Waals surface area contributed by atoms with Gasteiger partial charge >= 0.3 is 0 Å². The van der Waals surface area contributed by atoms with Gasteiger partial charge in [0, 0.05) is 24.3 Å². The van der Waals surface area contributed by atoms with Gasteiger partial charge in [-0.25, -0.2) is 4.98 Å². The number of nitrogens with zero attached hydrogens (tertiary/aromatic N) is 1. The normalized spacial score (nSPS) is 18.6. The SMILES string of the molecule is CCOCc1nc2c(N[C@H]3CCC[C@@H](NC(=O)c4ccc(OC)cc4)C3)cccc2s1. The number of ether oxygens (including phenoxy) is 2. The van der Waals surface area contributed by atoms with Crippen LogP contribution >= 0.6 is 11.3 Å². The van der Waals surface area contributed by atoms with E-state index in [1.165, 1.54) is 4.70 Å². The molecule has 2 atom stereocenters. The van der Waals surface area contributed by atoms with Crippen molar-refractivity contribution in [3.8, 4) is 5.75 Å². The molecule has 1 aliphatic carbocycles. The molecule has 164 valence electrons. The van der Waals surface area contributed by atoms with E-state index in [4.69, 9.17) is 14.5 Å². The average Bonchev–Trinajstić information content (AvgIpc) is 3.22. The average molecular weight is 440 g/mol. The monoisotopic (exact) mass is 439 g/mol. The van der Waals surface area contributed by atoms with Gasteiger partial charge in [0.1, 0.15) is 16.3 Å². The van der Waals surface area contributed by atoms with Crippen LogP contribution in [0.1, 0.15) is 48.0 Å². The first-order chi connectivity index (χ1) is 15.2. The summed E-state index contributed by atoms with van der Waals surface area (Å²) in [4.78, 5) is 17.4. The highest BCUT2D eigenvalue weighted by Crippen LogP contribution is 2.31. The second-order valence-corrected chi connectivity index (χ2v) is 8.92. The third-order valence-electron chi connectivity index (χ3n) is 5.61. The Labute approximate surface area is 187 Å². The lowest BCUT2D eigenvalue weighted by Crippen LogP contribution is -2.41. The second-order valence-electron chi connectivity index (χ2n) is 7.80. The number of rotatable bonds is 8. The minimum Gasteiger partial charge on any atom is -0.497 e. The van der Waals surface area contributed by atoms with Gasteiger partial charge in [-0.05, 0) is 69.0 Å². The van der Waals surface area contributed by atoms with E-state index in [2.05, 4.69) is 28.8 Å². The smallest absolute Gasteiger partial charge is 0.251 e. The van der Waals surface area contributed by atoms with E-state index in [0.29, 0.717) is 24.8 Å². The van der Waals surface area contributed by atoms with Crippen molar-refractivity contribution < 1.29 is 14.3 Å². The molecule has 2 N–H and O–H groups in total. The van der Waals surface area contributed by atoms with E-state index in [0.717, 1.165) is 47.6 Å². The Kier molecular flexibility index (Phi) is 7.04. The predicted octanol–water partition coefficient (Wildman–Crippen LogP) is 4.99. The number of hydrogen-bond donors (Lipinski definition) is 2. The number of para-hydroxylation sites is 1. The Balaban J connectivity index is 1.39. The largest absolute Gasteiger partial charge is 0.497 e. The van der Waals surface area contributed by atoms with Crippen molar-refractivity contribution in [1.82, 2.24) is 10.3 Å². The van der Waals surface area contributed by atoms with Crippen LogP contribution in [-0.4, -0.2) is 36.7 Å². The zero-order valence-electron chi connectivity index (χ0n) is 18.0. The molecule has 0 unspecified atom stereocenters. The molecule has 1 aromatic heterocycles. The van der Waals surface area contributed by atoms with Crippen molar-refractivity contribution in [1.29, 1.82) is 0 Å². The minimum absolute atomic E-state index is 0.0320. The van der Waals surface area contributed by atoms with Gasteiger partial charge < -0.3 is 20.1 Å². The minimum atomic E-state index is -0.0320. The molecule has 1 amide bonds. The van der Waals surface area contributed by atoms with Gasteiger partial charge in [-0.15, -0.1) is 11.3 Å². The van der Waals surface area contributed by atoms with Gasteiger partial charge in [0.05, 0.1) is 24.1 Å². The van der Waals surface area contributed by atoms with Crippen molar-refractivity contribution in [2.24, 2.45) is 0 Å². The number of fused-ring (bicyclic) bond motifs is 1. The summed E-state index contributed by atoms with van der Waals surface area (Å²) in [6.07, 6.45) is 4.06. The quantitative estimate of drug-likeness (QED) is 0.517. The van der Waals surface area contributed by atoms with E-state index < -0.39 is 0 Å². The number of carbonyl (C=O) groups excluding carboxylic acids is 1. The zero-order chi connectivity index (χ0) is 21.6. The van der Waals surface area contributed by atoms with E-state index >= 15 is 0 Å². The number of aromatic nitrogens is 1. The number of amides is 1. The van der Waals surface area contributed by atoms with Crippen LogP contribution in [0.4, 0.5) is 5.69 Å². The third kappa shape index (κ3) is 5.35. The second kappa shape index (κ2) is 10.1. The van der Waals surface area contributed by atoms with Gasteiger partial charge in [0.2, 0.25) is 0 Å². The molecule has 0 saturated heterocycles. The highest BCUT2D eigenvalue weighted by molar-refractivity contribution is 7.18. The molecule has 0 spiro atoms. The number of thiazole rings is 1. The van der Waals surface area contributed by atoms with Gasteiger partial charge in [-0.1, -0.05) is 6.07 Å². The molecular formula is C24H29N3O3S. The van der Waals surface area contributed by atoms with Crippen molar-refractivity contribution in [2.75, 3.05) is 19.0 Å². The number of benzene rings is 2. The summed E-state index contributed by atoms with van der Waals surface area (Å²) < 4.78 is 11.9. The maximum absolute atomic E-state index is 12.6. The first-order valence-corrected chi connectivity index (χ1v) is 11.7. The van der Waals surface area contributed by atoms with Crippen LogP contribution in [-0.2, 0) is 11.3 Å². The van der Waals surface area contributed by atoms with Crippen LogP contribution in [0.2, 0.25) is 0 Å². The van der Waals surface area contributed by atoms with Gasteiger partial charge in [-0.2, -0.15) is 0 Å². The molecule has 1 fully saturated rings. The number of methoxy groups -OCH3 is 1. The first-order valence-electron chi connectivity index (χ1n) is 10.8. The van der Waals surface area contributed by atoms with Crippen LogP contribution in [0.3, 0.4) is 0 Å². The van der Waals surface area contributed by atoms with Crippen LogP contribution < -0.4 is 15.4 Å². The third-order valence-corrected chi connectivity index (χ3v) is 6.61. The fourth-order valence-corrected chi connectivity index (χ4v) is 4.98. The van der Waals surface area contributed by atoms with Crippen molar-refractivity contribution in [3.05, 3.63) is 53.0 Å². The molecule has 7 heteroatoms. The highest BCUT2D eigenvalue weighted by atomic mass is 32.1. The summed E-state index contributed by atoms with van der Waals surface area (Å²) in [6.45, 7) is 3.23. The maximum atomic E-state index is 12.6. The fourth-order valence-electron chi connectivity index (χ4n) is 4.05. The van der Waals surface area contributed by atoms with Crippen molar-refractivity contribution in [3.63, 3.8) is 0 Å². The highest BCUT2D eigenvalue weighted by Gasteiger charge is 2.24. The Morgan fingerprint density at radius 3 is 2.74 bits per heavy atom.